The van der Waals surface area contributed by atoms with Crippen LogP contribution in [0.4, 0.5) is 0 Å². The Hall–Kier alpha value is -1.49. The maximum Gasteiger partial charge on any atom is 0.306 e. The molecular weight excluding hydrogens is 380 g/mol. The summed E-state index contributed by atoms with van der Waals surface area (Å²) in [6.45, 7) is 5.82. The van der Waals surface area contributed by atoms with Crippen molar-refractivity contribution in [1.82, 2.24) is 0 Å². The van der Waals surface area contributed by atoms with Crippen LogP contribution in [-0.2, 0) is 19.1 Å². The van der Waals surface area contributed by atoms with Crippen LogP contribution in [0.3, 0.4) is 0 Å². The van der Waals surface area contributed by atoms with Crippen molar-refractivity contribution in [2.24, 2.45) is 28.6 Å². The summed E-state index contributed by atoms with van der Waals surface area (Å²) in [5.74, 6) is 0.888. The Kier molecular flexibility index (Phi) is 5.49. The van der Waals surface area contributed by atoms with Crippen molar-refractivity contribution in [1.29, 1.82) is 0 Å². The molecule has 0 amide bonds. The van der Waals surface area contributed by atoms with Gasteiger partial charge in [0.1, 0.15) is 6.61 Å². The first-order valence-electron chi connectivity index (χ1n) is 11.8. The number of hydrogen-bond acceptors (Lipinski definition) is 5. The van der Waals surface area contributed by atoms with Crippen LogP contribution >= 0.6 is 0 Å². The average Bonchev–Trinajstić information content (AvgIpc) is 3.01. The maximum absolute atomic E-state index is 13.0. The van der Waals surface area contributed by atoms with Gasteiger partial charge in [0.15, 0.2) is 11.4 Å². The van der Waals surface area contributed by atoms with Crippen molar-refractivity contribution in [3.05, 3.63) is 11.6 Å². The number of carbonyl (C=O) groups is 3. The van der Waals surface area contributed by atoms with Crippen LogP contribution in [0.2, 0.25) is 0 Å². The number of esters is 1. The van der Waals surface area contributed by atoms with Gasteiger partial charge < -0.3 is 9.84 Å². The van der Waals surface area contributed by atoms with E-state index in [4.69, 9.17) is 4.74 Å². The third-order valence-corrected chi connectivity index (χ3v) is 9.42. The number of rotatable bonds is 5. The Morgan fingerprint density at radius 1 is 1.10 bits per heavy atom. The average molecular weight is 417 g/mol. The summed E-state index contributed by atoms with van der Waals surface area (Å²) in [7, 11) is 0. The van der Waals surface area contributed by atoms with E-state index in [-0.39, 0.29) is 23.0 Å². The van der Waals surface area contributed by atoms with Crippen LogP contribution in [0.5, 0.6) is 0 Å². The van der Waals surface area contributed by atoms with Gasteiger partial charge in [0.05, 0.1) is 0 Å². The molecule has 5 nitrogen and oxygen atoms in total. The highest BCUT2D eigenvalue weighted by molar-refractivity contribution is 5.92. The second-order valence-electron chi connectivity index (χ2n) is 10.6. The van der Waals surface area contributed by atoms with Gasteiger partial charge in [-0.3, -0.25) is 14.4 Å². The predicted octanol–water partition coefficient (Wildman–Crippen LogP) is 4.16. The molecule has 0 aromatic rings. The van der Waals surface area contributed by atoms with E-state index >= 15 is 0 Å². The first kappa shape index (κ1) is 21.7. The summed E-state index contributed by atoms with van der Waals surface area (Å²) in [6, 6.07) is 0. The molecule has 6 atom stereocenters. The third-order valence-electron chi connectivity index (χ3n) is 9.42. The summed E-state index contributed by atoms with van der Waals surface area (Å²) in [5, 5.41) is 9.78. The molecule has 4 aliphatic carbocycles. The van der Waals surface area contributed by atoms with Gasteiger partial charge in [0.2, 0.25) is 5.78 Å². The summed E-state index contributed by atoms with van der Waals surface area (Å²) < 4.78 is 5.99. The summed E-state index contributed by atoms with van der Waals surface area (Å²) in [6.07, 6.45) is 9.61. The molecule has 0 aliphatic heterocycles. The smallest absolute Gasteiger partial charge is 0.306 e. The molecule has 3 fully saturated rings. The van der Waals surface area contributed by atoms with Gasteiger partial charge in [-0.25, -0.2) is 0 Å². The Labute approximate surface area is 179 Å². The second kappa shape index (κ2) is 7.58. The number of allylic oxidation sites excluding steroid dienone is 1. The molecule has 4 aliphatic rings. The number of Topliss-reactive ketones (excluding diaryl/α,β-unsaturated/α-hetero) is 1. The first-order valence-corrected chi connectivity index (χ1v) is 11.8. The summed E-state index contributed by atoms with van der Waals surface area (Å²) in [4.78, 5) is 37.6. The predicted molar refractivity (Wildman–Crippen MR) is 113 cm³/mol. The third kappa shape index (κ3) is 2.95. The van der Waals surface area contributed by atoms with Crippen molar-refractivity contribution >= 4 is 17.5 Å². The highest BCUT2D eigenvalue weighted by Gasteiger charge is 2.68. The molecule has 1 unspecified atom stereocenters. The van der Waals surface area contributed by atoms with Gasteiger partial charge in [-0.05, 0) is 80.6 Å². The van der Waals surface area contributed by atoms with Gasteiger partial charge in [-0.1, -0.05) is 26.3 Å². The number of aliphatic hydroxyl groups is 1. The summed E-state index contributed by atoms with van der Waals surface area (Å²) >= 11 is 0. The highest BCUT2D eigenvalue weighted by atomic mass is 16.6. The minimum absolute atomic E-state index is 0.0727. The van der Waals surface area contributed by atoms with E-state index in [0.29, 0.717) is 43.4 Å². The normalized spacial score (nSPS) is 42.6. The molecule has 0 aromatic heterocycles. The Bertz CT molecular complexity index is 784. The van der Waals surface area contributed by atoms with E-state index in [9.17, 15) is 19.5 Å². The van der Waals surface area contributed by atoms with E-state index in [1.54, 1.807) is 0 Å². The Morgan fingerprint density at radius 2 is 1.83 bits per heavy atom. The fourth-order valence-electron chi connectivity index (χ4n) is 7.82. The quantitative estimate of drug-likeness (QED) is 0.681. The molecule has 0 bridgehead atoms. The molecule has 166 valence electrons. The lowest BCUT2D eigenvalue weighted by Gasteiger charge is -2.59. The maximum atomic E-state index is 13.0. The lowest BCUT2D eigenvalue weighted by atomic mass is 9.46. The number of ketones is 2. The number of hydrogen-bond donors (Lipinski definition) is 1. The molecule has 30 heavy (non-hydrogen) atoms. The minimum atomic E-state index is -1.19. The molecule has 3 saturated carbocycles. The van der Waals surface area contributed by atoms with Crippen molar-refractivity contribution in [2.75, 3.05) is 6.61 Å². The molecule has 4 rings (SSSR count). The van der Waals surface area contributed by atoms with E-state index < -0.39 is 17.6 Å². The van der Waals surface area contributed by atoms with Gasteiger partial charge in [-0.2, -0.15) is 0 Å². The van der Waals surface area contributed by atoms with Crippen LogP contribution < -0.4 is 0 Å². The van der Waals surface area contributed by atoms with Crippen molar-refractivity contribution in [2.45, 2.75) is 90.6 Å². The number of fused-ring (bicyclic) bond motifs is 5. The topological polar surface area (TPSA) is 80.7 Å². The monoisotopic (exact) mass is 416 g/mol. The Balaban J connectivity index is 1.67. The second-order valence-corrected chi connectivity index (χ2v) is 10.6. The van der Waals surface area contributed by atoms with Gasteiger partial charge in [0, 0.05) is 18.3 Å². The zero-order chi connectivity index (χ0) is 21.7. The lowest BCUT2D eigenvalue weighted by Crippen LogP contribution is -2.59. The molecular formula is C25H36O5. The number of ether oxygens (including phenoxy) is 1. The fourth-order valence-corrected chi connectivity index (χ4v) is 7.82. The zero-order valence-corrected chi connectivity index (χ0v) is 18.7. The van der Waals surface area contributed by atoms with Crippen LogP contribution in [0.25, 0.3) is 0 Å². The molecule has 5 heteroatoms. The zero-order valence-electron chi connectivity index (χ0n) is 18.7. The fraction of sp³-hybridized carbons (Fsp3) is 0.800. The SMILES string of the molecule is CCCC(=O)O[C@]1(C(=O)CO)CC[C@H]2[C@@H]3CCC4=CC(=O)CC[C@]4(C)C3CC[C@@]21C. The standard InChI is InChI=1S/C25H36O5/c1-4-5-22(29)30-25(21(28)15-26)13-10-20-18-7-6-16-14-17(27)8-11-23(16,2)19(18)9-12-24(20,25)3/h14,18-20,26H,4-13,15H2,1-3H3/t18-,19?,20+,23+,24+,25+/m1/s1. The van der Waals surface area contributed by atoms with Crippen LogP contribution in [0, 0.1) is 28.6 Å². The van der Waals surface area contributed by atoms with Gasteiger partial charge in [-0.15, -0.1) is 0 Å². The number of carbonyl (C=O) groups excluding carboxylic acids is 3. The van der Waals surface area contributed by atoms with Crippen LogP contribution in [0.15, 0.2) is 11.6 Å². The van der Waals surface area contributed by atoms with Crippen molar-refractivity contribution < 1.29 is 24.2 Å². The molecule has 0 radical (unpaired) electrons. The summed E-state index contributed by atoms with van der Waals surface area (Å²) in [5.41, 5.74) is -0.222. The molecule has 0 saturated heterocycles. The van der Waals surface area contributed by atoms with E-state index in [2.05, 4.69) is 13.8 Å². The highest BCUT2D eigenvalue weighted by Crippen LogP contribution is 2.68. The largest absolute Gasteiger partial charge is 0.450 e. The molecule has 0 spiro atoms. The number of aliphatic hydroxyl groups excluding tert-OH is 1. The van der Waals surface area contributed by atoms with Crippen molar-refractivity contribution in [3.8, 4) is 0 Å². The van der Waals surface area contributed by atoms with E-state index in [1.165, 1.54) is 5.57 Å². The lowest BCUT2D eigenvalue weighted by molar-refractivity contribution is -0.191. The van der Waals surface area contributed by atoms with Gasteiger partial charge >= 0.3 is 5.97 Å². The first-order chi connectivity index (χ1) is 14.2. The van der Waals surface area contributed by atoms with E-state index in [0.717, 1.165) is 38.5 Å². The Morgan fingerprint density at radius 3 is 2.53 bits per heavy atom. The van der Waals surface area contributed by atoms with Crippen LogP contribution in [0.1, 0.15) is 85.0 Å². The molecule has 0 aromatic carbocycles. The van der Waals surface area contributed by atoms with Gasteiger partial charge in [0.25, 0.3) is 0 Å². The minimum Gasteiger partial charge on any atom is -0.450 e. The van der Waals surface area contributed by atoms with Crippen LogP contribution in [-0.4, -0.2) is 34.9 Å². The molecule has 1 N–H and O–H groups in total. The van der Waals surface area contributed by atoms with Crippen molar-refractivity contribution in [3.63, 3.8) is 0 Å². The van der Waals surface area contributed by atoms with E-state index in [1.807, 2.05) is 13.0 Å². The molecule has 0 heterocycles.